The number of nitrogens with one attached hydrogen (secondary N) is 2. The lowest BCUT2D eigenvalue weighted by Gasteiger charge is -2.30. The molecule has 6 heteroatoms. The van der Waals surface area contributed by atoms with Gasteiger partial charge in [0.1, 0.15) is 0 Å². The summed E-state index contributed by atoms with van der Waals surface area (Å²) in [5.74, 6) is 2.13. The maximum absolute atomic E-state index is 5.28. The molecule has 2 aromatic rings. The van der Waals surface area contributed by atoms with Gasteiger partial charge in [0.2, 0.25) is 5.95 Å². The Kier molecular flexibility index (Phi) is 2.56. The predicted molar refractivity (Wildman–Crippen MR) is 63.8 cm³/mol. The van der Waals surface area contributed by atoms with Crippen LogP contribution in [0.5, 0.6) is 0 Å². The van der Waals surface area contributed by atoms with Gasteiger partial charge in [-0.1, -0.05) is 0 Å². The van der Waals surface area contributed by atoms with Crippen molar-refractivity contribution in [2.45, 2.75) is 13.0 Å². The van der Waals surface area contributed by atoms with Crippen molar-refractivity contribution in [3.63, 3.8) is 0 Å². The lowest BCUT2D eigenvalue weighted by molar-refractivity contribution is 0.480. The molecule has 90 valence electrons. The molecule has 0 aliphatic carbocycles. The van der Waals surface area contributed by atoms with E-state index in [1.165, 1.54) is 0 Å². The molecular weight excluding hydrogens is 218 g/mol. The average molecular weight is 233 g/mol. The molecule has 0 unspecified atom stereocenters. The molecule has 1 saturated heterocycles. The number of nitrogens with zero attached hydrogens (tertiary/aromatic N) is 3. The Hall–Kier alpha value is -1.82. The topological polar surface area (TPSA) is 70.0 Å². The second-order valence-electron chi connectivity index (χ2n) is 4.26. The fraction of sp³-hybridized carbons (Fsp3) is 0.455. The SMILES string of the molecule is C[C@@H]1CN(c2n[nH]c(-c3ccco3)n2)CCN1. The number of piperazine rings is 1. The first-order valence-electron chi connectivity index (χ1n) is 5.77. The van der Waals surface area contributed by atoms with E-state index < -0.39 is 0 Å². The molecule has 0 bridgehead atoms. The first-order valence-corrected chi connectivity index (χ1v) is 5.77. The first kappa shape index (κ1) is 10.3. The Bertz CT molecular complexity index is 478. The molecule has 0 spiro atoms. The van der Waals surface area contributed by atoms with E-state index in [4.69, 9.17) is 4.42 Å². The summed E-state index contributed by atoms with van der Waals surface area (Å²) in [7, 11) is 0. The summed E-state index contributed by atoms with van der Waals surface area (Å²) in [5.41, 5.74) is 0. The zero-order valence-electron chi connectivity index (χ0n) is 9.68. The van der Waals surface area contributed by atoms with E-state index in [1.807, 2.05) is 12.1 Å². The smallest absolute Gasteiger partial charge is 0.245 e. The number of rotatable bonds is 2. The Morgan fingerprint density at radius 3 is 3.24 bits per heavy atom. The highest BCUT2D eigenvalue weighted by atomic mass is 16.3. The summed E-state index contributed by atoms with van der Waals surface area (Å²) >= 11 is 0. The third-order valence-electron chi connectivity index (χ3n) is 2.88. The van der Waals surface area contributed by atoms with Crippen molar-refractivity contribution in [1.29, 1.82) is 0 Å². The zero-order chi connectivity index (χ0) is 11.7. The average Bonchev–Trinajstić information content (AvgIpc) is 3.00. The van der Waals surface area contributed by atoms with Crippen LogP contribution in [0.2, 0.25) is 0 Å². The van der Waals surface area contributed by atoms with Crippen LogP contribution in [0.1, 0.15) is 6.92 Å². The van der Waals surface area contributed by atoms with Crippen LogP contribution in [-0.2, 0) is 0 Å². The summed E-state index contributed by atoms with van der Waals surface area (Å²) in [5, 5.41) is 10.5. The van der Waals surface area contributed by atoms with Crippen molar-refractivity contribution >= 4 is 5.95 Å². The van der Waals surface area contributed by atoms with Crippen LogP contribution in [0.15, 0.2) is 22.8 Å². The third kappa shape index (κ3) is 2.03. The van der Waals surface area contributed by atoms with E-state index in [2.05, 4.69) is 32.3 Å². The molecule has 6 nitrogen and oxygen atoms in total. The number of aromatic amines is 1. The van der Waals surface area contributed by atoms with Gasteiger partial charge in [-0.15, -0.1) is 5.10 Å². The summed E-state index contributed by atoms with van der Waals surface area (Å²) in [6.07, 6.45) is 1.63. The van der Waals surface area contributed by atoms with Gasteiger partial charge in [0, 0.05) is 25.7 Å². The maximum atomic E-state index is 5.28. The molecule has 0 amide bonds. The summed E-state index contributed by atoms with van der Waals surface area (Å²) in [6.45, 7) is 4.98. The molecule has 2 aromatic heterocycles. The minimum Gasteiger partial charge on any atom is -0.461 e. The molecule has 1 atom stereocenters. The quantitative estimate of drug-likeness (QED) is 0.805. The molecule has 17 heavy (non-hydrogen) atoms. The molecule has 3 heterocycles. The van der Waals surface area contributed by atoms with E-state index >= 15 is 0 Å². The Morgan fingerprint density at radius 2 is 2.47 bits per heavy atom. The molecule has 1 fully saturated rings. The van der Waals surface area contributed by atoms with Crippen molar-refractivity contribution in [2.75, 3.05) is 24.5 Å². The van der Waals surface area contributed by atoms with E-state index in [9.17, 15) is 0 Å². The minimum atomic E-state index is 0.467. The third-order valence-corrected chi connectivity index (χ3v) is 2.88. The van der Waals surface area contributed by atoms with Crippen LogP contribution in [0.25, 0.3) is 11.6 Å². The van der Waals surface area contributed by atoms with Gasteiger partial charge < -0.3 is 14.6 Å². The summed E-state index contributed by atoms with van der Waals surface area (Å²) in [4.78, 5) is 6.62. The van der Waals surface area contributed by atoms with Crippen LogP contribution in [0.4, 0.5) is 5.95 Å². The van der Waals surface area contributed by atoms with Gasteiger partial charge in [-0.3, -0.25) is 5.10 Å². The number of furan rings is 1. The van der Waals surface area contributed by atoms with Crippen molar-refractivity contribution < 1.29 is 4.42 Å². The van der Waals surface area contributed by atoms with Gasteiger partial charge in [-0.2, -0.15) is 4.98 Å². The largest absolute Gasteiger partial charge is 0.461 e. The molecule has 1 aliphatic rings. The van der Waals surface area contributed by atoms with Crippen molar-refractivity contribution in [3.8, 4) is 11.6 Å². The van der Waals surface area contributed by atoms with Crippen molar-refractivity contribution in [3.05, 3.63) is 18.4 Å². The molecule has 1 aliphatic heterocycles. The number of hydrogen-bond acceptors (Lipinski definition) is 5. The molecular formula is C11H15N5O. The second-order valence-corrected chi connectivity index (χ2v) is 4.26. The highest BCUT2D eigenvalue weighted by molar-refractivity contribution is 5.49. The monoisotopic (exact) mass is 233 g/mol. The fourth-order valence-electron chi connectivity index (χ4n) is 2.03. The van der Waals surface area contributed by atoms with Gasteiger partial charge in [-0.05, 0) is 19.1 Å². The van der Waals surface area contributed by atoms with Gasteiger partial charge in [0.25, 0.3) is 0 Å². The summed E-state index contributed by atoms with van der Waals surface area (Å²) in [6, 6.07) is 4.17. The Labute approximate surface area is 99.0 Å². The maximum Gasteiger partial charge on any atom is 0.245 e. The molecule has 0 aromatic carbocycles. The van der Waals surface area contributed by atoms with Crippen LogP contribution < -0.4 is 10.2 Å². The summed E-state index contributed by atoms with van der Waals surface area (Å²) < 4.78 is 5.28. The van der Waals surface area contributed by atoms with Crippen LogP contribution in [-0.4, -0.2) is 40.9 Å². The van der Waals surface area contributed by atoms with E-state index in [-0.39, 0.29) is 0 Å². The second kappa shape index (κ2) is 4.21. The van der Waals surface area contributed by atoms with Crippen LogP contribution >= 0.6 is 0 Å². The van der Waals surface area contributed by atoms with Gasteiger partial charge in [-0.25, -0.2) is 0 Å². The molecule has 0 radical (unpaired) electrons. The van der Waals surface area contributed by atoms with E-state index in [0.29, 0.717) is 17.6 Å². The molecule has 3 rings (SSSR count). The van der Waals surface area contributed by atoms with Crippen molar-refractivity contribution in [1.82, 2.24) is 20.5 Å². The molecule has 2 N–H and O–H groups in total. The molecule has 0 saturated carbocycles. The minimum absolute atomic E-state index is 0.467. The number of aromatic nitrogens is 3. The van der Waals surface area contributed by atoms with E-state index in [0.717, 1.165) is 25.6 Å². The van der Waals surface area contributed by atoms with Gasteiger partial charge >= 0.3 is 0 Å². The van der Waals surface area contributed by atoms with Crippen molar-refractivity contribution in [2.24, 2.45) is 0 Å². The first-order chi connectivity index (χ1) is 8.33. The lowest BCUT2D eigenvalue weighted by atomic mass is 10.2. The van der Waals surface area contributed by atoms with Gasteiger partial charge in [0.15, 0.2) is 11.6 Å². The highest BCUT2D eigenvalue weighted by Gasteiger charge is 2.19. The predicted octanol–water partition coefficient (Wildman–Crippen LogP) is 0.863. The number of anilines is 1. The Balaban J connectivity index is 1.80. The standard InChI is InChI=1S/C11H15N5O/c1-8-7-16(5-4-12-8)11-13-10(14-15-11)9-3-2-6-17-9/h2-3,6,8,12H,4-5,7H2,1H3,(H,13,14,15)/t8-/m1/s1. The van der Waals surface area contributed by atoms with E-state index in [1.54, 1.807) is 6.26 Å². The lowest BCUT2D eigenvalue weighted by Crippen LogP contribution is -2.49. The highest BCUT2D eigenvalue weighted by Crippen LogP contribution is 2.18. The number of H-pyrrole nitrogens is 1. The van der Waals surface area contributed by atoms with Gasteiger partial charge in [0.05, 0.1) is 6.26 Å². The zero-order valence-corrected chi connectivity index (χ0v) is 9.68. The Morgan fingerprint density at radius 1 is 1.53 bits per heavy atom. The van der Waals surface area contributed by atoms with Crippen LogP contribution in [0, 0.1) is 0 Å². The van der Waals surface area contributed by atoms with Crippen LogP contribution in [0.3, 0.4) is 0 Å². The fourth-order valence-corrected chi connectivity index (χ4v) is 2.03. The number of hydrogen-bond donors (Lipinski definition) is 2. The normalized spacial score (nSPS) is 20.8.